The van der Waals surface area contributed by atoms with Crippen molar-refractivity contribution in [1.82, 2.24) is 0 Å². The van der Waals surface area contributed by atoms with Gasteiger partial charge in [-0.3, -0.25) is 0 Å². The third-order valence-corrected chi connectivity index (χ3v) is 3.51. The second-order valence-electron chi connectivity index (χ2n) is 5.36. The minimum Gasteiger partial charge on any atom is -0.493 e. The number of hydrogen-bond acceptors (Lipinski definition) is 3. The first-order chi connectivity index (χ1) is 9.12. The van der Waals surface area contributed by atoms with Crippen molar-refractivity contribution in [3.8, 4) is 5.75 Å². The second-order valence-corrected chi connectivity index (χ2v) is 5.36. The molecule has 0 saturated heterocycles. The van der Waals surface area contributed by atoms with Crippen LogP contribution >= 0.6 is 0 Å². The summed E-state index contributed by atoms with van der Waals surface area (Å²) in [6.45, 7) is 8.53. The maximum atomic E-state index is 5.85. The zero-order valence-electron chi connectivity index (χ0n) is 12.5. The van der Waals surface area contributed by atoms with E-state index in [-0.39, 0.29) is 0 Å². The lowest BCUT2D eigenvalue weighted by Crippen LogP contribution is -2.24. The summed E-state index contributed by atoms with van der Waals surface area (Å²) >= 11 is 0. The van der Waals surface area contributed by atoms with Crippen LogP contribution in [0.4, 0.5) is 0 Å². The van der Waals surface area contributed by atoms with Crippen molar-refractivity contribution in [2.45, 2.75) is 39.5 Å². The molecule has 0 heterocycles. The Kier molecular flexibility index (Phi) is 6.89. The van der Waals surface area contributed by atoms with E-state index in [4.69, 9.17) is 16.2 Å². The summed E-state index contributed by atoms with van der Waals surface area (Å²) in [7, 11) is 0. The van der Waals surface area contributed by atoms with Crippen LogP contribution in [0, 0.1) is 12.8 Å². The van der Waals surface area contributed by atoms with Gasteiger partial charge < -0.3 is 16.2 Å². The molecule has 1 aromatic rings. The minimum absolute atomic E-state index is 0.384. The van der Waals surface area contributed by atoms with Gasteiger partial charge in [-0.25, -0.2) is 0 Å². The maximum absolute atomic E-state index is 5.85. The van der Waals surface area contributed by atoms with Crippen LogP contribution in [-0.2, 0) is 0 Å². The Labute approximate surface area is 117 Å². The molecule has 0 amide bonds. The van der Waals surface area contributed by atoms with Crippen molar-refractivity contribution in [3.63, 3.8) is 0 Å². The molecule has 0 aliphatic rings. The highest BCUT2D eigenvalue weighted by atomic mass is 16.5. The summed E-state index contributed by atoms with van der Waals surface area (Å²) in [6, 6.07) is 6.40. The maximum Gasteiger partial charge on any atom is 0.122 e. The molecule has 0 saturated carbocycles. The Morgan fingerprint density at radius 3 is 2.47 bits per heavy atom. The molecule has 1 unspecified atom stereocenters. The van der Waals surface area contributed by atoms with E-state index in [1.807, 2.05) is 0 Å². The highest BCUT2D eigenvalue weighted by Crippen LogP contribution is 2.31. The van der Waals surface area contributed by atoms with Gasteiger partial charge in [0, 0.05) is 0 Å². The monoisotopic (exact) mass is 264 g/mol. The van der Waals surface area contributed by atoms with Crippen LogP contribution in [-0.4, -0.2) is 19.7 Å². The molecule has 3 nitrogen and oxygen atoms in total. The number of rotatable bonds is 8. The fourth-order valence-corrected chi connectivity index (χ4v) is 2.31. The zero-order valence-corrected chi connectivity index (χ0v) is 12.5. The highest BCUT2D eigenvalue weighted by molar-refractivity contribution is 5.39. The van der Waals surface area contributed by atoms with Gasteiger partial charge in [0.25, 0.3) is 0 Å². The van der Waals surface area contributed by atoms with E-state index in [0.717, 1.165) is 25.2 Å². The minimum atomic E-state index is 0.384. The van der Waals surface area contributed by atoms with E-state index >= 15 is 0 Å². The van der Waals surface area contributed by atoms with Crippen molar-refractivity contribution in [3.05, 3.63) is 29.3 Å². The van der Waals surface area contributed by atoms with Crippen LogP contribution in [0.3, 0.4) is 0 Å². The Bertz CT molecular complexity index is 375. The van der Waals surface area contributed by atoms with Gasteiger partial charge in [0.2, 0.25) is 0 Å². The average Bonchev–Trinajstić information content (AvgIpc) is 2.43. The standard InChI is InChI=1S/C16H28N2O/c1-4-7-19-16-6-5-12(2)8-15(16)13(3)9-14(10-17)11-18/h5-6,8,13-14H,4,7,9-11,17-18H2,1-3H3. The smallest absolute Gasteiger partial charge is 0.122 e. The number of nitrogens with two attached hydrogens (primary N) is 2. The van der Waals surface area contributed by atoms with Crippen molar-refractivity contribution in [2.24, 2.45) is 17.4 Å². The molecule has 0 fully saturated rings. The molecule has 0 bridgehead atoms. The molecule has 1 rings (SSSR count). The Hall–Kier alpha value is -1.06. The number of hydrogen-bond donors (Lipinski definition) is 2. The van der Waals surface area contributed by atoms with Crippen molar-refractivity contribution in [1.29, 1.82) is 0 Å². The molecule has 4 N–H and O–H groups in total. The molecule has 0 aliphatic heterocycles. The third kappa shape index (κ3) is 4.84. The SMILES string of the molecule is CCCOc1ccc(C)cc1C(C)CC(CN)CN. The Balaban J connectivity index is 2.86. The van der Waals surface area contributed by atoms with Gasteiger partial charge in [0.1, 0.15) is 5.75 Å². The molecule has 0 radical (unpaired) electrons. The molecule has 1 atom stereocenters. The van der Waals surface area contributed by atoms with Crippen LogP contribution in [0.1, 0.15) is 43.7 Å². The summed E-state index contributed by atoms with van der Waals surface area (Å²) in [5.74, 6) is 1.81. The fraction of sp³-hybridized carbons (Fsp3) is 0.625. The van der Waals surface area contributed by atoms with Gasteiger partial charge in [-0.2, -0.15) is 0 Å². The van der Waals surface area contributed by atoms with E-state index in [0.29, 0.717) is 24.9 Å². The Morgan fingerprint density at radius 2 is 1.89 bits per heavy atom. The van der Waals surface area contributed by atoms with Crippen molar-refractivity contribution >= 4 is 0 Å². The summed E-state index contributed by atoms with van der Waals surface area (Å²) in [6.07, 6.45) is 2.04. The van der Waals surface area contributed by atoms with Gasteiger partial charge in [-0.05, 0) is 56.3 Å². The lowest BCUT2D eigenvalue weighted by molar-refractivity contribution is 0.310. The van der Waals surface area contributed by atoms with E-state index in [1.165, 1.54) is 11.1 Å². The summed E-state index contributed by atoms with van der Waals surface area (Å²) in [5.41, 5.74) is 14.0. The van der Waals surface area contributed by atoms with E-state index in [1.54, 1.807) is 0 Å². The number of ether oxygens (including phenoxy) is 1. The van der Waals surface area contributed by atoms with Crippen LogP contribution in [0.25, 0.3) is 0 Å². The summed E-state index contributed by atoms with van der Waals surface area (Å²) < 4.78 is 5.85. The number of benzene rings is 1. The predicted octanol–water partition coefficient (Wildman–Crippen LogP) is 2.81. The van der Waals surface area contributed by atoms with Crippen LogP contribution in [0.2, 0.25) is 0 Å². The Morgan fingerprint density at radius 1 is 1.21 bits per heavy atom. The molecule has 0 aromatic heterocycles. The number of aryl methyl sites for hydroxylation is 1. The largest absolute Gasteiger partial charge is 0.493 e. The van der Waals surface area contributed by atoms with Crippen LogP contribution in [0.15, 0.2) is 18.2 Å². The van der Waals surface area contributed by atoms with Crippen LogP contribution < -0.4 is 16.2 Å². The van der Waals surface area contributed by atoms with Crippen molar-refractivity contribution < 1.29 is 4.74 Å². The van der Waals surface area contributed by atoms with Crippen molar-refractivity contribution in [2.75, 3.05) is 19.7 Å². The fourth-order valence-electron chi connectivity index (χ4n) is 2.31. The molecule has 3 heteroatoms. The van der Waals surface area contributed by atoms with E-state index in [9.17, 15) is 0 Å². The lowest BCUT2D eigenvalue weighted by Gasteiger charge is -2.21. The predicted molar refractivity (Wildman–Crippen MR) is 81.6 cm³/mol. The molecule has 108 valence electrons. The van der Waals surface area contributed by atoms with E-state index < -0.39 is 0 Å². The van der Waals surface area contributed by atoms with Gasteiger partial charge in [-0.15, -0.1) is 0 Å². The zero-order chi connectivity index (χ0) is 14.3. The van der Waals surface area contributed by atoms with Gasteiger partial charge >= 0.3 is 0 Å². The second kappa shape index (κ2) is 8.18. The van der Waals surface area contributed by atoms with E-state index in [2.05, 4.69) is 39.0 Å². The first kappa shape index (κ1) is 16.0. The lowest BCUT2D eigenvalue weighted by atomic mass is 9.89. The summed E-state index contributed by atoms with van der Waals surface area (Å²) in [5, 5.41) is 0. The quantitative estimate of drug-likeness (QED) is 0.759. The molecule has 0 aliphatic carbocycles. The molecule has 0 spiro atoms. The first-order valence-corrected chi connectivity index (χ1v) is 7.25. The molecular weight excluding hydrogens is 236 g/mol. The van der Waals surface area contributed by atoms with Gasteiger partial charge in [0.15, 0.2) is 0 Å². The molecular formula is C16H28N2O. The topological polar surface area (TPSA) is 61.3 Å². The molecule has 1 aromatic carbocycles. The average molecular weight is 264 g/mol. The molecule has 19 heavy (non-hydrogen) atoms. The highest BCUT2D eigenvalue weighted by Gasteiger charge is 2.16. The first-order valence-electron chi connectivity index (χ1n) is 7.25. The summed E-state index contributed by atoms with van der Waals surface area (Å²) in [4.78, 5) is 0. The van der Waals surface area contributed by atoms with Crippen LogP contribution in [0.5, 0.6) is 5.75 Å². The third-order valence-electron chi connectivity index (χ3n) is 3.51. The van der Waals surface area contributed by atoms with Gasteiger partial charge in [0.05, 0.1) is 6.61 Å². The normalized spacial score (nSPS) is 12.7. The van der Waals surface area contributed by atoms with Gasteiger partial charge in [-0.1, -0.05) is 31.5 Å².